The number of hydrogen-bond acceptors (Lipinski definition) is 8. The molecule has 3 aromatic rings. The van der Waals surface area contributed by atoms with Gasteiger partial charge in [-0.3, -0.25) is 14.7 Å². The molecule has 12 nitrogen and oxygen atoms in total. The molecule has 1 aliphatic rings. The average molecular weight is 466 g/mol. The third-order valence-corrected chi connectivity index (χ3v) is 7.05. The molecule has 0 aromatic carbocycles. The highest BCUT2D eigenvalue weighted by Gasteiger charge is 2.49. The number of carbonyl (C=O) groups is 1. The number of hydrazine groups is 1. The van der Waals surface area contributed by atoms with Crippen LogP contribution in [0.4, 0.5) is 4.79 Å². The van der Waals surface area contributed by atoms with Crippen LogP contribution in [-0.4, -0.2) is 61.9 Å². The van der Waals surface area contributed by atoms with Crippen LogP contribution in [0.25, 0.3) is 22.3 Å². The standard InChI is InChI=1S/C17H19N9O3S.ClH/c1-2-30(28,29)24-9-17(10-24,4-5-18)26-8-12(7-22-26)14-13-3-6-25(16(27)23-19)15(13)21-11-20-14;/h3,6-8,11H,2,4,9-10,19H2,1H3,(H,23,27);1H. The summed E-state index contributed by atoms with van der Waals surface area (Å²) in [5.41, 5.74) is 2.92. The first-order chi connectivity index (χ1) is 14.3. The predicted octanol–water partition coefficient (Wildman–Crippen LogP) is 0.422. The summed E-state index contributed by atoms with van der Waals surface area (Å²) in [4.78, 5) is 20.4. The van der Waals surface area contributed by atoms with Crippen molar-refractivity contribution in [2.75, 3.05) is 18.8 Å². The van der Waals surface area contributed by atoms with E-state index < -0.39 is 21.6 Å². The van der Waals surface area contributed by atoms with E-state index in [1.165, 1.54) is 21.4 Å². The van der Waals surface area contributed by atoms with Gasteiger partial charge in [-0.25, -0.2) is 29.0 Å². The molecule has 14 heteroatoms. The minimum Gasteiger partial charge on any atom is -0.275 e. The normalized spacial score (nSPS) is 15.6. The Morgan fingerprint density at radius 1 is 1.39 bits per heavy atom. The number of carbonyl (C=O) groups excluding carboxylic acids is 1. The zero-order chi connectivity index (χ0) is 21.5. The minimum atomic E-state index is -3.33. The van der Waals surface area contributed by atoms with E-state index in [2.05, 4.69) is 26.6 Å². The maximum absolute atomic E-state index is 12.1. The molecular weight excluding hydrogens is 446 g/mol. The molecule has 1 fully saturated rings. The van der Waals surface area contributed by atoms with Gasteiger partial charge in [-0.1, -0.05) is 0 Å². The topological polar surface area (TPSA) is 165 Å². The molecule has 0 radical (unpaired) electrons. The van der Waals surface area contributed by atoms with Crippen molar-refractivity contribution in [3.05, 3.63) is 31.0 Å². The van der Waals surface area contributed by atoms with E-state index in [0.717, 1.165) is 0 Å². The molecule has 4 heterocycles. The summed E-state index contributed by atoms with van der Waals surface area (Å²) in [6, 6.07) is 3.29. The Kier molecular flexibility index (Phi) is 6.01. The number of amides is 1. The Labute approximate surface area is 184 Å². The lowest BCUT2D eigenvalue weighted by Crippen LogP contribution is -2.64. The maximum atomic E-state index is 12.1. The number of sulfonamides is 1. The van der Waals surface area contributed by atoms with E-state index in [1.54, 1.807) is 30.1 Å². The lowest BCUT2D eigenvalue weighted by Gasteiger charge is -2.47. The van der Waals surface area contributed by atoms with Gasteiger partial charge < -0.3 is 0 Å². The average Bonchev–Trinajstić information content (AvgIpc) is 3.37. The van der Waals surface area contributed by atoms with Gasteiger partial charge in [0, 0.05) is 36.4 Å². The second-order valence-electron chi connectivity index (χ2n) is 7.00. The van der Waals surface area contributed by atoms with Crippen LogP contribution in [0.5, 0.6) is 0 Å². The Bertz CT molecular complexity index is 1270. The summed E-state index contributed by atoms with van der Waals surface area (Å²) < 4.78 is 28.5. The number of nitrogens with one attached hydrogen (secondary N) is 1. The van der Waals surface area contributed by atoms with Crippen LogP contribution >= 0.6 is 12.4 Å². The highest BCUT2D eigenvalue weighted by molar-refractivity contribution is 7.89. The maximum Gasteiger partial charge on any atom is 0.341 e. The van der Waals surface area contributed by atoms with Crippen molar-refractivity contribution in [1.82, 2.24) is 34.0 Å². The predicted molar refractivity (Wildman–Crippen MR) is 113 cm³/mol. The number of nitrogens with zero attached hydrogens (tertiary/aromatic N) is 7. The van der Waals surface area contributed by atoms with E-state index in [0.29, 0.717) is 22.3 Å². The molecule has 1 saturated heterocycles. The molecule has 3 aromatic heterocycles. The van der Waals surface area contributed by atoms with Crippen LogP contribution in [0.2, 0.25) is 0 Å². The SMILES string of the molecule is CCS(=O)(=O)N1CC(CC#N)(n2cc(-c3ncnc4c3ccn4C(=O)NN)cn2)C1.Cl. The number of nitrogen functional groups attached to an aromatic ring is 1. The number of rotatable bonds is 5. The van der Waals surface area contributed by atoms with Crippen molar-refractivity contribution in [2.24, 2.45) is 5.84 Å². The van der Waals surface area contributed by atoms with Gasteiger partial charge in [-0.05, 0) is 13.0 Å². The summed E-state index contributed by atoms with van der Waals surface area (Å²) in [5, 5.41) is 14.3. The fourth-order valence-corrected chi connectivity index (χ4v) is 4.83. The zero-order valence-corrected chi connectivity index (χ0v) is 18.1. The van der Waals surface area contributed by atoms with E-state index in [-0.39, 0.29) is 37.7 Å². The molecule has 1 aliphatic heterocycles. The smallest absolute Gasteiger partial charge is 0.275 e. The van der Waals surface area contributed by atoms with Gasteiger partial charge in [0.15, 0.2) is 5.65 Å². The number of hydrogen-bond donors (Lipinski definition) is 2. The Balaban J connectivity index is 0.00000272. The summed E-state index contributed by atoms with van der Waals surface area (Å²) in [7, 11) is -3.33. The van der Waals surface area contributed by atoms with Gasteiger partial charge in [0.25, 0.3) is 0 Å². The Morgan fingerprint density at radius 2 is 2.13 bits per heavy atom. The largest absolute Gasteiger partial charge is 0.341 e. The first-order valence-electron chi connectivity index (χ1n) is 9.08. The van der Waals surface area contributed by atoms with Crippen molar-refractivity contribution in [1.29, 1.82) is 5.26 Å². The fraction of sp³-hybridized carbons (Fsp3) is 0.353. The van der Waals surface area contributed by atoms with Crippen LogP contribution in [0.15, 0.2) is 31.0 Å². The van der Waals surface area contributed by atoms with Crippen molar-refractivity contribution >= 4 is 39.5 Å². The quantitative estimate of drug-likeness (QED) is 0.311. The van der Waals surface area contributed by atoms with Crippen LogP contribution in [0.3, 0.4) is 0 Å². The number of aromatic nitrogens is 5. The number of halogens is 1. The van der Waals surface area contributed by atoms with Gasteiger partial charge in [0.1, 0.15) is 11.9 Å². The van der Waals surface area contributed by atoms with E-state index in [1.807, 2.05) is 0 Å². The van der Waals surface area contributed by atoms with Crippen LogP contribution < -0.4 is 11.3 Å². The molecule has 1 amide bonds. The molecule has 3 N–H and O–H groups in total. The van der Waals surface area contributed by atoms with Crippen LogP contribution in [0.1, 0.15) is 13.3 Å². The molecular formula is C17H20ClN9O3S. The lowest BCUT2D eigenvalue weighted by molar-refractivity contribution is 0.0719. The lowest BCUT2D eigenvalue weighted by atomic mass is 9.89. The minimum absolute atomic E-state index is 0. The summed E-state index contributed by atoms with van der Waals surface area (Å²) in [6.45, 7) is 1.96. The van der Waals surface area contributed by atoms with Crippen molar-refractivity contribution in [3.63, 3.8) is 0 Å². The molecule has 4 rings (SSSR count). The number of nitriles is 1. The molecule has 0 saturated carbocycles. The molecule has 0 atom stereocenters. The molecule has 31 heavy (non-hydrogen) atoms. The first-order valence-corrected chi connectivity index (χ1v) is 10.7. The molecule has 0 aliphatic carbocycles. The highest BCUT2D eigenvalue weighted by atomic mass is 35.5. The zero-order valence-electron chi connectivity index (χ0n) is 16.5. The van der Waals surface area contributed by atoms with Crippen LogP contribution in [-0.2, 0) is 15.6 Å². The summed E-state index contributed by atoms with van der Waals surface area (Å²) in [6.07, 6.45) is 6.31. The molecule has 0 spiro atoms. The second-order valence-corrected chi connectivity index (χ2v) is 9.25. The van der Waals surface area contributed by atoms with Crippen molar-refractivity contribution in [3.8, 4) is 17.3 Å². The van der Waals surface area contributed by atoms with E-state index in [9.17, 15) is 18.5 Å². The third kappa shape index (κ3) is 3.63. The van der Waals surface area contributed by atoms with E-state index >= 15 is 0 Å². The van der Waals surface area contributed by atoms with E-state index in [4.69, 9.17) is 5.84 Å². The Hall–Kier alpha value is -3.05. The van der Waals surface area contributed by atoms with Gasteiger partial charge >= 0.3 is 6.03 Å². The summed E-state index contributed by atoms with van der Waals surface area (Å²) >= 11 is 0. The van der Waals surface area contributed by atoms with Crippen molar-refractivity contribution < 1.29 is 13.2 Å². The fourth-order valence-electron chi connectivity index (χ4n) is 3.59. The highest BCUT2D eigenvalue weighted by Crippen LogP contribution is 2.35. The summed E-state index contributed by atoms with van der Waals surface area (Å²) in [5.74, 6) is 5.21. The monoisotopic (exact) mass is 465 g/mol. The first kappa shape index (κ1) is 22.6. The van der Waals surface area contributed by atoms with Crippen LogP contribution in [0, 0.1) is 11.3 Å². The van der Waals surface area contributed by atoms with Gasteiger partial charge in [0.2, 0.25) is 10.0 Å². The Morgan fingerprint density at radius 3 is 2.77 bits per heavy atom. The number of nitrogens with two attached hydrogens (primary N) is 1. The van der Waals surface area contributed by atoms with Gasteiger partial charge in [-0.15, -0.1) is 12.4 Å². The van der Waals surface area contributed by atoms with Crippen molar-refractivity contribution in [2.45, 2.75) is 18.9 Å². The third-order valence-electron chi connectivity index (χ3n) is 5.27. The number of fused-ring (bicyclic) bond motifs is 1. The van der Waals surface area contributed by atoms with Gasteiger partial charge in [0.05, 0.1) is 30.1 Å². The molecule has 0 unspecified atom stereocenters. The molecule has 0 bridgehead atoms. The second kappa shape index (κ2) is 8.23. The van der Waals surface area contributed by atoms with Gasteiger partial charge in [-0.2, -0.15) is 14.7 Å². The molecule has 164 valence electrons.